The first-order valence-corrected chi connectivity index (χ1v) is 7.99. The first kappa shape index (κ1) is 14.8. The molecular weight excluding hydrogens is 288 g/mol. The molecule has 2 heterocycles. The number of benzene rings is 1. The molecule has 3 rings (SSSR count). The van der Waals surface area contributed by atoms with Crippen LogP contribution in [0.2, 0.25) is 5.02 Å². The number of nitrogens with two attached hydrogens (primary N) is 1. The number of carbonyl (C=O) groups is 1. The summed E-state index contributed by atoms with van der Waals surface area (Å²) < 4.78 is 5.75. The maximum Gasteiger partial charge on any atom is 0.252 e. The van der Waals surface area contributed by atoms with Crippen molar-refractivity contribution < 1.29 is 9.53 Å². The maximum atomic E-state index is 12.7. The van der Waals surface area contributed by atoms with Gasteiger partial charge in [-0.05, 0) is 37.3 Å². The molecule has 0 aromatic heterocycles. The number of likely N-dealkylation sites (tertiary alicyclic amines) is 1. The predicted molar refractivity (Wildman–Crippen MR) is 82.1 cm³/mol. The van der Waals surface area contributed by atoms with E-state index in [9.17, 15) is 4.79 Å². The van der Waals surface area contributed by atoms with Gasteiger partial charge in [-0.3, -0.25) is 4.79 Å². The summed E-state index contributed by atoms with van der Waals surface area (Å²) in [6, 6.07) is 7.86. The van der Waals surface area contributed by atoms with Gasteiger partial charge in [-0.2, -0.15) is 0 Å². The van der Waals surface area contributed by atoms with Gasteiger partial charge < -0.3 is 15.4 Å². The summed E-state index contributed by atoms with van der Waals surface area (Å²) in [7, 11) is 0. The fourth-order valence-electron chi connectivity index (χ4n) is 3.34. The third-order valence-electron chi connectivity index (χ3n) is 4.45. The Hall–Kier alpha value is -1.10. The Morgan fingerprint density at radius 1 is 1.33 bits per heavy atom. The summed E-state index contributed by atoms with van der Waals surface area (Å²) in [4.78, 5) is 14.7. The highest BCUT2D eigenvalue weighted by molar-refractivity contribution is 6.31. The number of hydrogen-bond acceptors (Lipinski definition) is 3. The number of carbonyl (C=O) groups excluding carboxylic acids is 1. The average Bonchev–Trinajstić information content (AvgIpc) is 3.16. The van der Waals surface area contributed by atoms with Crippen molar-refractivity contribution >= 4 is 17.5 Å². The molecule has 1 amide bonds. The molecule has 3 atom stereocenters. The van der Waals surface area contributed by atoms with E-state index in [2.05, 4.69) is 0 Å². The van der Waals surface area contributed by atoms with E-state index in [0.29, 0.717) is 6.54 Å². The Bertz CT molecular complexity index is 523. The molecule has 2 fully saturated rings. The van der Waals surface area contributed by atoms with Crippen molar-refractivity contribution in [3.8, 4) is 0 Å². The van der Waals surface area contributed by atoms with Gasteiger partial charge >= 0.3 is 0 Å². The summed E-state index contributed by atoms with van der Waals surface area (Å²) in [6.45, 7) is 1.26. The van der Waals surface area contributed by atoms with Crippen LogP contribution >= 0.6 is 11.6 Å². The molecule has 2 saturated heterocycles. The zero-order chi connectivity index (χ0) is 14.8. The minimum atomic E-state index is -0.332. The van der Waals surface area contributed by atoms with Crippen LogP contribution in [0.4, 0.5) is 0 Å². The van der Waals surface area contributed by atoms with Gasteiger partial charge in [-0.15, -0.1) is 0 Å². The molecule has 0 radical (unpaired) electrons. The first-order chi connectivity index (χ1) is 10.2. The molecule has 1 unspecified atom stereocenters. The molecule has 0 aliphatic carbocycles. The molecule has 1 aromatic carbocycles. The number of ether oxygens (including phenoxy) is 1. The number of amides is 1. The second kappa shape index (κ2) is 6.34. The topological polar surface area (TPSA) is 55.6 Å². The average molecular weight is 309 g/mol. The van der Waals surface area contributed by atoms with Crippen LogP contribution in [0, 0.1) is 0 Å². The Kier molecular flexibility index (Phi) is 4.48. The SMILES string of the molecule is NC[C@H]1CC[C@@H](C(=O)N2CCCC2c2ccccc2Cl)O1. The molecule has 0 bridgehead atoms. The smallest absolute Gasteiger partial charge is 0.252 e. The van der Waals surface area contributed by atoms with Gasteiger partial charge in [-0.1, -0.05) is 29.8 Å². The Balaban J connectivity index is 1.75. The van der Waals surface area contributed by atoms with Crippen molar-refractivity contribution in [2.45, 2.75) is 43.9 Å². The summed E-state index contributed by atoms with van der Waals surface area (Å²) in [5, 5.41) is 0.731. The van der Waals surface area contributed by atoms with Crippen LogP contribution in [0.3, 0.4) is 0 Å². The summed E-state index contributed by atoms with van der Waals surface area (Å²) >= 11 is 6.29. The molecule has 1 aromatic rings. The fourth-order valence-corrected chi connectivity index (χ4v) is 3.61. The molecular formula is C16H21ClN2O2. The monoisotopic (exact) mass is 308 g/mol. The molecule has 2 N–H and O–H groups in total. The predicted octanol–water partition coefficient (Wildman–Crippen LogP) is 2.51. The van der Waals surface area contributed by atoms with Gasteiger partial charge in [0.05, 0.1) is 12.1 Å². The summed E-state index contributed by atoms with van der Waals surface area (Å²) in [5.74, 6) is 0.0911. The zero-order valence-corrected chi connectivity index (χ0v) is 12.8. The van der Waals surface area contributed by atoms with E-state index in [0.717, 1.165) is 42.8 Å². The normalized spacial score (nSPS) is 29.0. The van der Waals surface area contributed by atoms with E-state index < -0.39 is 0 Å². The van der Waals surface area contributed by atoms with E-state index in [1.807, 2.05) is 29.2 Å². The van der Waals surface area contributed by atoms with E-state index in [-0.39, 0.29) is 24.2 Å². The van der Waals surface area contributed by atoms with E-state index >= 15 is 0 Å². The van der Waals surface area contributed by atoms with Crippen molar-refractivity contribution in [1.29, 1.82) is 0 Å². The van der Waals surface area contributed by atoms with Crippen LogP contribution in [0.15, 0.2) is 24.3 Å². The molecule has 21 heavy (non-hydrogen) atoms. The quantitative estimate of drug-likeness (QED) is 0.933. The summed E-state index contributed by atoms with van der Waals surface area (Å²) in [5.41, 5.74) is 6.66. The lowest BCUT2D eigenvalue weighted by atomic mass is 10.0. The van der Waals surface area contributed by atoms with Crippen molar-refractivity contribution in [3.05, 3.63) is 34.9 Å². The van der Waals surface area contributed by atoms with Crippen molar-refractivity contribution in [2.24, 2.45) is 5.73 Å². The molecule has 114 valence electrons. The number of halogens is 1. The van der Waals surface area contributed by atoms with Gasteiger partial charge in [0.2, 0.25) is 0 Å². The highest BCUT2D eigenvalue weighted by Gasteiger charge is 2.38. The van der Waals surface area contributed by atoms with Gasteiger partial charge in [0.1, 0.15) is 6.10 Å². The van der Waals surface area contributed by atoms with Crippen LogP contribution in [0.25, 0.3) is 0 Å². The van der Waals surface area contributed by atoms with E-state index in [1.165, 1.54) is 0 Å². The maximum absolute atomic E-state index is 12.7. The van der Waals surface area contributed by atoms with Crippen LogP contribution in [-0.4, -0.2) is 36.1 Å². The molecule has 5 heteroatoms. The molecule has 2 aliphatic rings. The minimum absolute atomic E-state index is 0.0281. The number of nitrogens with zero attached hydrogens (tertiary/aromatic N) is 1. The second-order valence-corrected chi connectivity index (χ2v) is 6.18. The molecule has 2 aliphatic heterocycles. The van der Waals surface area contributed by atoms with Crippen molar-refractivity contribution in [3.63, 3.8) is 0 Å². The van der Waals surface area contributed by atoms with Crippen LogP contribution in [0.1, 0.15) is 37.3 Å². The van der Waals surface area contributed by atoms with E-state index in [4.69, 9.17) is 22.1 Å². The standard InChI is InChI=1S/C16H21ClN2O2/c17-13-5-2-1-4-12(13)14-6-3-9-19(14)16(20)15-8-7-11(10-18)21-15/h1-2,4-5,11,14-15H,3,6-10,18H2/t11-,14?,15+/m1/s1. The van der Waals surface area contributed by atoms with Gasteiger partial charge in [0.25, 0.3) is 5.91 Å². The molecule has 0 saturated carbocycles. The first-order valence-electron chi connectivity index (χ1n) is 7.61. The van der Waals surface area contributed by atoms with Gasteiger partial charge in [0, 0.05) is 18.1 Å². The zero-order valence-electron chi connectivity index (χ0n) is 12.0. The van der Waals surface area contributed by atoms with Crippen LogP contribution in [-0.2, 0) is 9.53 Å². The van der Waals surface area contributed by atoms with E-state index in [1.54, 1.807) is 0 Å². The fraction of sp³-hybridized carbons (Fsp3) is 0.562. The molecule has 4 nitrogen and oxygen atoms in total. The van der Waals surface area contributed by atoms with Gasteiger partial charge in [0.15, 0.2) is 0 Å². The van der Waals surface area contributed by atoms with Crippen molar-refractivity contribution in [1.82, 2.24) is 4.90 Å². The Labute approximate surface area is 130 Å². The lowest BCUT2D eigenvalue weighted by molar-refractivity contribution is -0.143. The Morgan fingerprint density at radius 3 is 2.86 bits per heavy atom. The van der Waals surface area contributed by atoms with Crippen molar-refractivity contribution in [2.75, 3.05) is 13.1 Å². The third-order valence-corrected chi connectivity index (χ3v) is 4.79. The Morgan fingerprint density at radius 2 is 2.14 bits per heavy atom. The van der Waals surface area contributed by atoms with Crippen LogP contribution in [0.5, 0.6) is 0 Å². The third kappa shape index (κ3) is 2.93. The second-order valence-electron chi connectivity index (χ2n) is 5.77. The summed E-state index contributed by atoms with van der Waals surface area (Å²) in [6.07, 6.45) is 3.31. The van der Waals surface area contributed by atoms with Gasteiger partial charge in [-0.25, -0.2) is 0 Å². The number of rotatable bonds is 3. The number of hydrogen-bond donors (Lipinski definition) is 1. The van der Waals surface area contributed by atoms with Crippen LogP contribution < -0.4 is 5.73 Å². The highest BCUT2D eigenvalue weighted by Crippen LogP contribution is 2.37. The lowest BCUT2D eigenvalue weighted by Gasteiger charge is -2.28. The lowest BCUT2D eigenvalue weighted by Crippen LogP contribution is -2.39. The largest absolute Gasteiger partial charge is 0.364 e. The minimum Gasteiger partial charge on any atom is -0.364 e. The molecule has 0 spiro atoms. The highest BCUT2D eigenvalue weighted by atomic mass is 35.5.